The van der Waals surface area contributed by atoms with Crippen molar-refractivity contribution in [2.45, 2.75) is 25.5 Å². The molecule has 0 bridgehead atoms. The molecule has 2 aromatic rings. The van der Waals surface area contributed by atoms with Crippen molar-refractivity contribution in [3.8, 4) is 11.5 Å². The molecule has 0 spiro atoms. The van der Waals surface area contributed by atoms with Gasteiger partial charge in [-0.3, -0.25) is 4.79 Å². The third-order valence-corrected chi connectivity index (χ3v) is 4.16. The lowest BCUT2D eigenvalue weighted by molar-refractivity contribution is -0.125. The van der Waals surface area contributed by atoms with Crippen LogP contribution < -0.4 is 14.8 Å². The maximum absolute atomic E-state index is 11.5. The predicted molar refractivity (Wildman–Crippen MR) is 103 cm³/mol. The molecule has 0 saturated heterocycles. The summed E-state index contributed by atoms with van der Waals surface area (Å²) in [6.45, 7) is 0.312. The van der Waals surface area contributed by atoms with Gasteiger partial charge in [0.2, 0.25) is 0 Å². The molecule has 6 nitrogen and oxygen atoms in total. The number of benzene rings is 2. The number of nitrogens with one attached hydrogen (secondary N) is 1. The molecule has 142 valence electrons. The van der Waals surface area contributed by atoms with E-state index in [0.29, 0.717) is 29.2 Å². The Hall–Kier alpha value is -2.73. The summed E-state index contributed by atoms with van der Waals surface area (Å²) in [7, 11) is 1.57. The zero-order chi connectivity index (χ0) is 19.1. The smallest absolute Gasteiger partial charge is 0.260 e. The number of oxime groups is 1. The third kappa shape index (κ3) is 6.18. The van der Waals surface area contributed by atoms with Crippen molar-refractivity contribution in [3.63, 3.8) is 0 Å². The average Bonchev–Trinajstić information content (AvgIpc) is 3.49. The normalized spacial score (nSPS) is 13.4. The van der Waals surface area contributed by atoms with Gasteiger partial charge in [0.15, 0.2) is 18.1 Å². The van der Waals surface area contributed by atoms with E-state index >= 15 is 0 Å². The number of nitrogens with zero attached hydrogens (tertiary/aromatic N) is 1. The van der Waals surface area contributed by atoms with Crippen molar-refractivity contribution in [1.82, 2.24) is 5.32 Å². The highest BCUT2D eigenvalue weighted by Gasteiger charge is 2.23. The molecular weight excluding hydrogens is 368 g/mol. The highest BCUT2D eigenvalue weighted by Crippen LogP contribution is 2.28. The Morgan fingerprint density at radius 3 is 2.70 bits per heavy atom. The maximum atomic E-state index is 11.5. The number of carbonyl (C=O) groups excluding carboxylic acids is 1. The molecule has 1 saturated carbocycles. The monoisotopic (exact) mass is 388 g/mol. The van der Waals surface area contributed by atoms with Crippen LogP contribution in [0, 0.1) is 0 Å². The van der Waals surface area contributed by atoms with E-state index in [1.165, 1.54) is 6.21 Å². The topological polar surface area (TPSA) is 69.2 Å². The molecule has 1 fully saturated rings. The van der Waals surface area contributed by atoms with Gasteiger partial charge in [-0.15, -0.1) is 0 Å². The number of amides is 1. The molecule has 27 heavy (non-hydrogen) atoms. The van der Waals surface area contributed by atoms with Gasteiger partial charge in [0, 0.05) is 16.6 Å². The Kier molecular flexibility index (Phi) is 6.54. The van der Waals surface area contributed by atoms with Gasteiger partial charge in [-0.05, 0) is 48.7 Å². The van der Waals surface area contributed by atoms with Gasteiger partial charge in [-0.2, -0.15) is 0 Å². The van der Waals surface area contributed by atoms with Crippen LogP contribution in [0.1, 0.15) is 24.0 Å². The second-order valence-corrected chi connectivity index (χ2v) is 6.61. The highest BCUT2D eigenvalue weighted by molar-refractivity contribution is 6.30. The minimum absolute atomic E-state index is 0.0909. The van der Waals surface area contributed by atoms with Crippen LogP contribution in [0.4, 0.5) is 0 Å². The molecule has 0 atom stereocenters. The Labute approximate surface area is 163 Å². The number of hydrogen-bond donors (Lipinski definition) is 1. The number of ether oxygens (including phenoxy) is 2. The van der Waals surface area contributed by atoms with E-state index in [1.807, 2.05) is 30.3 Å². The second kappa shape index (κ2) is 9.28. The largest absolute Gasteiger partial charge is 0.493 e. The molecule has 1 N–H and O–H groups in total. The van der Waals surface area contributed by atoms with E-state index in [9.17, 15) is 4.79 Å². The molecule has 2 aromatic carbocycles. The summed E-state index contributed by atoms with van der Waals surface area (Å²) in [6.07, 6.45) is 3.61. The van der Waals surface area contributed by atoms with Crippen LogP contribution in [0.15, 0.2) is 47.6 Å². The van der Waals surface area contributed by atoms with E-state index in [1.54, 1.807) is 19.2 Å². The molecular formula is C20H21ClN2O4. The van der Waals surface area contributed by atoms with Crippen molar-refractivity contribution in [1.29, 1.82) is 0 Å². The molecule has 1 aliphatic rings. The van der Waals surface area contributed by atoms with Gasteiger partial charge < -0.3 is 19.6 Å². The standard InChI is InChI=1S/C20H21ClN2O4/c1-25-19-10-15(11-22-27-13-20(24)23-17-7-8-17)4-9-18(19)26-12-14-2-5-16(21)6-3-14/h2-6,9-11,17H,7-8,12-13H2,1H3,(H,23,24). The van der Waals surface area contributed by atoms with E-state index in [4.69, 9.17) is 25.9 Å². The van der Waals surface area contributed by atoms with Crippen molar-refractivity contribution < 1.29 is 19.1 Å². The fourth-order valence-corrected chi connectivity index (χ4v) is 2.44. The first-order chi connectivity index (χ1) is 13.1. The van der Waals surface area contributed by atoms with E-state index in [0.717, 1.165) is 24.0 Å². The average molecular weight is 389 g/mol. The Morgan fingerprint density at radius 1 is 1.22 bits per heavy atom. The van der Waals surface area contributed by atoms with Crippen molar-refractivity contribution in [3.05, 3.63) is 58.6 Å². The Morgan fingerprint density at radius 2 is 2.00 bits per heavy atom. The molecule has 0 heterocycles. The summed E-state index contributed by atoms with van der Waals surface area (Å²) in [5.74, 6) is 1.05. The van der Waals surface area contributed by atoms with Crippen molar-refractivity contribution in [2.24, 2.45) is 5.16 Å². The van der Waals surface area contributed by atoms with Gasteiger partial charge in [-0.1, -0.05) is 28.9 Å². The van der Waals surface area contributed by atoms with E-state index in [2.05, 4.69) is 10.5 Å². The van der Waals surface area contributed by atoms with E-state index < -0.39 is 0 Å². The van der Waals surface area contributed by atoms with Crippen LogP contribution in [0.25, 0.3) is 0 Å². The maximum Gasteiger partial charge on any atom is 0.260 e. The first-order valence-electron chi connectivity index (χ1n) is 8.64. The predicted octanol–water partition coefficient (Wildman–Crippen LogP) is 3.56. The summed E-state index contributed by atoms with van der Waals surface area (Å²) < 4.78 is 11.2. The van der Waals surface area contributed by atoms with Crippen LogP contribution in [-0.4, -0.2) is 31.9 Å². The van der Waals surface area contributed by atoms with Gasteiger partial charge in [0.05, 0.1) is 13.3 Å². The Bertz CT molecular complexity index is 804. The Balaban J connectivity index is 1.52. The van der Waals surface area contributed by atoms with Gasteiger partial charge in [-0.25, -0.2) is 0 Å². The summed E-state index contributed by atoms with van der Waals surface area (Å²) in [5.41, 5.74) is 1.78. The van der Waals surface area contributed by atoms with Crippen LogP contribution >= 0.6 is 11.6 Å². The van der Waals surface area contributed by atoms with Gasteiger partial charge in [0.1, 0.15) is 6.61 Å². The zero-order valence-electron chi connectivity index (χ0n) is 15.0. The lowest BCUT2D eigenvalue weighted by atomic mass is 10.2. The van der Waals surface area contributed by atoms with E-state index in [-0.39, 0.29) is 12.5 Å². The lowest BCUT2D eigenvalue weighted by Gasteiger charge is -2.11. The van der Waals surface area contributed by atoms with Crippen molar-refractivity contribution in [2.75, 3.05) is 13.7 Å². The summed E-state index contributed by atoms with van der Waals surface area (Å²) >= 11 is 5.88. The summed E-state index contributed by atoms with van der Waals surface area (Å²) in [4.78, 5) is 16.5. The summed E-state index contributed by atoms with van der Waals surface area (Å²) in [5, 5.41) is 7.34. The summed E-state index contributed by atoms with van der Waals surface area (Å²) in [6, 6.07) is 13.2. The number of rotatable bonds is 9. The zero-order valence-corrected chi connectivity index (χ0v) is 15.7. The highest BCUT2D eigenvalue weighted by atomic mass is 35.5. The molecule has 1 amide bonds. The third-order valence-electron chi connectivity index (χ3n) is 3.91. The SMILES string of the molecule is COc1cc(C=NOCC(=O)NC2CC2)ccc1OCc1ccc(Cl)cc1. The van der Waals surface area contributed by atoms with Crippen molar-refractivity contribution >= 4 is 23.7 Å². The second-order valence-electron chi connectivity index (χ2n) is 6.18. The van der Waals surface area contributed by atoms with Crippen LogP contribution in [0.5, 0.6) is 11.5 Å². The first kappa shape index (κ1) is 19.0. The molecule has 3 rings (SSSR count). The number of methoxy groups -OCH3 is 1. The van der Waals surface area contributed by atoms with Gasteiger partial charge in [0.25, 0.3) is 5.91 Å². The van der Waals surface area contributed by atoms with Crippen LogP contribution in [0.3, 0.4) is 0 Å². The molecule has 0 radical (unpaired) electrons. The van der Waals surface area contributed by atoms with Crippen LogP contribution in [0.2, 0.25) is 5.02 Å². The number of halogens is 1. The molecule has 7 heteroatoms. The minimum Gasteiger partial charge on any atom is -0.493 e. The fraction of sp³-hybridized carbons (Fsp3) is 0.300. The molecule has 1 aliphatic carbocycles. The quantitative estimate of drug-likeness (QED) is 0.526. The lowest BCUT2D eigenvalue weighted by Crippen LogP contribution is -2.28. The van der Waals surface area contributed by atoms with Crippen LogP contribution in [-0.2, 0) is 16.2 Å². The van der Waals surface area contributed by atoms with Gasteiger partial charge >= 0.3 is 0 Å². The fourth-order valence-electron chi connectivity index (χ4n) is 2.32. The number of hydrogen-bond acceptors (Lipinski definition) is 5. The minimum atomic E-state index is -0.154. The number of carbonyl (C=O) groups is 1. The molecule has 0 aromatic heterocycles. The molecule has 0 unspecified atom stereocenters. The molecule has 0 aliphatic heterocycles. The first-order valence-corrected chi connectivity index (χ1v) is 9.02.